The predicted octanol–water partition coefficient (Wildman–Crippen LogP) is 0.986. The number of carboxylic acid groups (broad SMARTS) is 1. The van der Waals surface area contributed by atoms with Crippen LogP contribution in [0.25, 0.3) is 0 Å². The molecule has 0 aromatic heterocycles. The molecule has 5 heteroatoms. The Kier molecular flexibility index (Phi) is 5.32. The van der Waals surface area contributed by atoms with Crippen LogP contribution in [-0.4, -0.2) is 23.5 Å². The number of rotatable bonds is 6. The maximum atomic E-state index is 11.5. The van der Waals surface area contributed by atoms with E-state index in [0.717, 1.165) is 5.56 Å². The van der Waals surface area contributed by atoms with Crippen LogP contribution in [0.2, 0.25) is 0 Å². The summed E-state index contributed by atoms with van der Waals surface area (Å²) >= 11 is 0. The zero-order valence-corrected chi connectivity index (χ0v) is 10.3. The monoisotopic (exact) mass is 250 g/mol. The highest BCUT2D eigenvalue weighted by Gasteiger charge is 2.07. The number of aromatic carboxylic acids is 1. The van der Waals surface area contributed by atoms with Crippen LogP contribution in [0, 0.1) is 5.92 Å². The van der Waals surface area contributed by atoms with Gasteiger partial charge >= 0.3 is 5.97 Å². The lowest BCUT2D eigenvalue weighted by Crippen LogP contribution is -2.26. The smallest absolute Gasteiger partial charge is 0.335 e. The van der Waals surface area contributed by atoms with Gasteiger partial charge in [0.05, 0.1) is 5.56 Å². The average molecular weight is 250 g/mol. The van der Waals surface area contributed by atoms with Gasteiger partial charge in [-0.25, -0.2) is 4.79 Å². The Morgan fingerprint density at radius 1 is 1.33 bits per heavy atom. The van der Waals surface area contributed by atoms with Gasteiger partial charge in [0.2, 0.25) is 5.91 Å². The molecule has 18 heavy (non-hydrogen) atoms. The lowest BCUT2D eigenvalue weighted by molar-refractivity contribution is -0.122. The number of carboxylic acids is 1. The second-order valence-corrected chi connectivity index (χ2v) is 4.32. The molecule has 4 N–H and O–H groups in total. The van der Waals surface area contributed by atoms with E-state index in [2.05, 4.69) is 5.32 Å². The van der Waals surface area contributed by atoms with Gasteiger partial charge in [0.1, 0.15) is 0 Å². The summed E-state index contributed by atoms with van der Waals surface area (Å²) in [5.74, 6) is -0.836. The molecule has 1 rings (SSSR count). The summed E-state index contributed by atoms with van der Waals surface area (Å²) in [6.07, 6.45) is 0.406. The van der Waals surface area contributed by atoms with Crippen molar-refractivity contribution in [3.05, 3.63) is 35.4 Å². The fraction of sp³-hybridized carbons (Fsp3) is 0.385. The van der Waals surface area contributed by atoms with Gasteiger partial charge in [0, 0.05) is 13.0 Å². The van der Waals surface area contributed by atoms with Gasteiger partial charge < -0.3 is 16.2 Å². The summed E-state index contributed by atoms with van der Waals surface area (Å²) in [7, 11) is 0. The van der Waals surface area contributed by atoms with Crippen molar-refractivity contribution in [1.82, 2.24) is 5.32 Å². The minimum absolute atomic E-state index is 0.0461. The molecule has 1 atom stereocenters. The third-order valence-corrected chi connectivity index (χ3v) is 2.63. The van der Waals surface area contributed by atoms with Gasteiger partial charge in [-0.1, -0.05) is 19.1 Å². The first kappa shape index (κ1) is 14.2. The molecule has 0 radical (unpaired) electrons. The van der Waals surface area contributed by atoms with Crippen molar-refractivity contribution in [2.75, 3.05) is 6.54 Å². The van der Waals surface area contributed by atoms with Crippen molar-refractivity contribution in [1.29, 1.82) is 0 Å². The molecule has 98 valence electrons. The summed E-state index contributed by atoms with van der Waals surface area (Å²) in [6.45, 7) is 2.80. The van der Waals surface area contributed by atoms with Crippen molar-refractivity contribution >= 4 is 11.9 Å². The molecular formula is C13H18N2O3. The van der Waals surface area contributed by atoms with Crippen LogP contribution in [0.5, 0.6) is 0 Å². The SMILES string of the molecule is CC(CN)CC(=O)NCc1ccc(C(=O)O)cc1. The summed E-state index contributed by atoms with van der Waals surface area (Å²) < 4.78 is 0. The molecule has 0 spiro atoms. The maximum Gasteiger partial charge on any atom is 0.335 e. The highest BCUT2D eigenvalue weighted by Crippen LogP contribution is 2.05. The van der Waals surface area contributed by atoms with Crippen LogP contribution in [0.3, 0.4) is 0 Å². The Bertz CT molecular complexity index is 415. The lowest BCUT2D eigenvalue weighted by atomic mass is 10.1. The Morgan fingerprint density at radius 2 is 1.94 bits per heavy atom. The minimum atomic E-state index is -0.956. The third-order valence-electron chi connectivity index (χ3n) is 2.63. The van der Waals surface area contributed by atoms with Crippen LogP contribution in [0.1, 0.15) is 29.3 Å². The Morgan fingerprint density at radius 3 is 2.44 bits per heavy atom. The van der Waals surface area contributed by atoms with E-state index < -0.39 is 5.97 Å². The molecule has 1 unspecified atom stereocenters. The molecule has 1 aromatic rings. The van der Waals surface area contributed by atoms with Gasteiger partial charge in [-0.3, -0.25) is 4.79 Å². The molecule has 0 saturated heterocycles. The van der Waals surface area contributed by atoms with Gasteiger partial charge in [0.15, 0.2) is 0 Å². The number of benzene rings is 1. The molecule has 0 aliphatic carbocycles. The van der Waals surface area contributed by atoms with E-state index in [1.165, 1.54) is 12.1 Å². The number of nitrogens with one attached hydrogen (secondary N) is 1. The quantitative estimate of drug-likeness (QED) is 0.702. The Hall–Kier alpha value is -1.88. The van der Waals surface area contributed by atoms with Crippen molar-refractivity contribution in [3.8, 4) is 0 Å². The van der Waals surface area contributed by atoms with Gasteiger partial charge in [-0.15, -0.1) is 0 Å². The fourth-order valence-electron chi connectivity index (χ4n) is 1.44. The number of amides is 1. The summed E-state index contributed by atoms with van der Waals surface area (Å²) in [4.78, 5) is 22.2. The molecule has 0 fully saturated rings. The van der Waals surface area contributed by atoms with Gasteiger partial charge in [-0.2, -0.15) is 0 Å². The zero-order valence-electron chi connectivity index (χ0n) is 10.3. The number of hydrogen-bond acceptors (Lipinski definition) is 3. The van der Waals surface area contributed by atoms with Crippen molar-refractivity contribution < 1.29 is 14.7 Å². The number of nitrogens with two attached hydrogens (primary N) is 1. The molecule has 1 amide bonds. The molecule has 0 aliphatic rings. The third kappa shape index (κ3) is 4.55. The van der Waals surface area contributed by atoms with Crippen LogP contribution < -0.4 is 11.1 Å². The van der Waals surface area contributed by atoms with E-state index >= 15 is 0 Å². The Labute approximate surface area is 106 Å². The molecule has 0 bridgehead atoms. The summed E-state index contributed by atoms with van der Waals surface area (Å²) in [6, 6.07) is 6.42. The van der Waals surface area contributed by atoms with E-state index in [1.54, 1.807) is 12.1 Å². The van der Waals surface area contributed by atoms with Crippen molar-refractivity contribution in [2.45, 2.75) is 19.9 Å². The first-order valence-electron chi connectivity index (χ1n) is 5.82. The number of carbonyl (C=O) groups is 2. The van der Waals surface area contributed by atoms with E-state index in [9.17, 15) is 9.59 Å². The van der Waals surface area contributed by atoms with E-state index in [-0.39, 0.29) is 17.4 Å². The summed E-state index contributed by atoms with van der Waals surface area (Å²) in [5, 5.41) is 11.5. The van der Waals surface area contributed by atoms with Crippen LogP contribution in [0.15, 0.2) is 24.3 Å². The van der Waals surface area contributed by atoms with Crippen molar-refractivity contribution in [2.24, 2.45) is 11.7 Å². The average Bonchev–Trinajstić information content (AvgIpc) is 2.36. The molecule has 0 saturated carbocycles. The number of carbonyl (C=O) groups excluding carboxylic acids is 1. The van der Waals surface area contributed by atoms with Crippen molar-refractivity contribution in [3.63, 3.8) is 0 Å². The summed E-state index contributed by atoms with van der Waals surface area (Å²) in [5.41, 5.74) is 6.54. The fourth-order valence-corrected chi connectivity index (χ4v) is 1.44. The standard InChI is InChI=1S/C13H18N2O3/c1-9(7-14)6-12(16)15-8-10-2-4-11(5-3-10)13(17)18/h2-5,9H,6-8,14H2,1H3,(H,15,16)(H,17,18). The zero-order chi connectivity index (χ0) is 13.5. The second-order valence-electron chi connectivity index (χ2n) is 4.32. The van der Waals surface area contributed by atoms with E-state index in [0.29, 0.717) is 19.5 Å². The molecule has 0 heterocycles. The van der Waals surface area contributed by atoms with Gasteiger partial charge in [0.25, 0.3) is 0 Å². The molecule has 5 nitrogen and oxygen atoms in total. The minimum Gasteiger partial charge on any atom is -0.478 e. The highest BCUT2D eigenvalue weighted by atomic mass is 16.4. The van der Waals surface area contributed by atoms with Gasteiger partial charge in [-0.05, 0) is 30.2 Å². The molecular weight excluding hydrogens is 232 g/mol. The highest BCUT2D eigenvalue weighted by molar-refractivity contribution is 5.87. The lowest BCUT2D eigenvalue weighted by Gasteiger charge is -2.09. The Balaban J connectivity index is 2.44. The first-order chi connectivity index (χ1) is 8.52. The molecule has 1 aromatic carbocycles. The topological polar surface area (TPSA) is 92.4 Å². The van der Waals surface area contributed by atoms with E-state index in [4.69, 9.17) is 10.8 Å². The van der Waals surface area contributed by atoms with Crippen LogP contribution in [0.4, 0.5) is 0 Å². The second kappa shape index (κ2) is 6.76. The van der Waals surface area contributed by atoms with E-state index in [1.807, 2.05) is 6.92 Å². The number of hydrogen-bond donors (Lipinski definition) is 3. The normalized spacial score (nSPS) is 11.9. The maximum absolute atomic E-state index is 11.5. The van der Waals surface area contributed by atoms with Crippen LogP contribution in [-0.2, 0) is 11.3 Å². The predicted molar refractivity (Wildman–Crippen MR) is 68.1 cm³/mol. The molecule has 0 aliphatic heterocycles. The van der Waals surface area contributed by atoms with Crippen LogP contribution >= 0.6 is 0 Å². The first-order valence-corrected chi connectivity index (χ1v) is 5.82. The largest absolute Gasteiger partial charge is 0.478 e.